The van der Waals surface area contributed by atoms with Crippen LogP contribution in [0.15, 0.2) is 0 Å². The Morgan fingerprint density at radius 1 is 1.27 bits per heavy atom. The van der Waals surface area contributed by atoms with Crippen LogP contribution in [0.4, 0.5) is 0 Å². The monoisotopic (exact) mass is 178 g/mol. The van der Waals surface area contributed by atoms with Crippen LogP contribution in [0.3, 0.4) is 0 Å². The molecule has 0 aliphatic carbocycles. The molecule has 0 saturated carbocycles. The summed E-state index contributed by atoms with van der Waals surface area (Å²) in [5.74, 6) is 0.202. The fourth-order valence-electron chi connectivity index (χ4n) is 1.05. The third kappa shape index (κ3) is 2.95. The first-order valence-corrected chi connectivity index (χ1v) is 3.47. The van der Waals surface area contributed by atoms with Gasteiger partial charge in [-0.1, -0.05) is 0 Å². The summed E-state index contributed by atoms with van der Waals surface area (Å²) in [5.41, 5.74) is 5.30. The molecule has 1 rings (SSSR count). The highest BCUT2D eigenvalue weighted by Crippen LogP contribution is 1.96. The van der Waals surface area contributed by atoms with Gasteiger partial charge in [0.05, 0.1) is 0 Å². The lowest BCUT2D eigenvalue weighted by Gasteiger charge is -2.32. The van der Waals surface area contributed by atoms with E-state index in [-0.39, 0.29) is 18.4 Å². The van der Waals surface area contributed by atoms with Crippen molar-refractivity contribution in [2.45, 2.75) is 0 Å². The van der Waals surface area contributed by atoms with Gasteiger partial charge in [0.25, 0.3) is 0 Å². The van der Waals surface area contributed by atoms with Crippen LogP contribution in [-0.2, 0) is 0 Å². The van der Waals surface area contributed by atoms with E-state index in [0.29, 0.717) is 0 Å². The highest BCUT2D eigenvalue weighted by molar-refractivity contribution is 5.85. The molecule has 1 saturated heterocycles. The molecule has 4 nitrogen and oxygen atoms in total. The lowest BCUT2D eigenvalue weighted by atomic mass is 10.3. The zero-order valence-electron chi connectivity index (χ0n) is 6.71. The van der Waals surface area contributed by atoms with Crippen molar-refractivity contribution in [3.8, 4) is 0 Å². The van der Waals surface area contributed by atoms with E-state index < -0.39 is 0 Å². The second-order valence-electron chi connectivity index (χ2n) is 2.68. The van der Waals surface area contributed by atoms with Crippen LogP contribution >= 0.6 is 12.4 Å². The number of piperazine rings is 1. The SMILES string of the molecule is CN1CCN(C(=N)N)CC1.Cl. The molecule has 3 N–H and O–H groups in total. The fourth-order valence-corrected chi connectivity index (χ4v) is 1.05. The van der Waals surface area contributed by atoms with E-state index in [1.807, 2.05) is 4.90 Å². The van der Waals surface area contributed by atoms with Crippen LogP contribution in [0.2, 0.25) is 0 Å². The highest BCUT2D eigenvalue weighted by Gasteiger charge is 2.13. The minimum atomic E-state index is 0. The van der Waals surface area contributed by atoms with Crippen LogP contribution in [-0.4, -0.2) is 49.0 Å². The van der Waals surface area contributed by atoms with Gasteiger partial charge < -0.3 is 15.5 Å². The van der Waals surface area contributed by atoms with Gasteiger partial charge in [-0.15, -0.1) is 12.4 Å². The van der Waals surface area contributed by atoms with Crippen molar-refractivity contribution < 1.29 is 0 Å². The zero-order valence-corrected chi connectivity index (χ0v) is 7.52. The number of likely N-dealkylation sites (N-methyl/N-ethyl adjacent to an activating group) is 1. The van der Waals surface area contributed by atoms with E-state index in [9.17, 15) is 0 Å². The van der Waals surface area contributed by atoms with E-state index in [1.54, 1.807) is 0 Å². The maximum Gasteiger partial charge on any atom is 0.188 e. The summed E-state index contributed by atoms with van der Waals surface area (Å²) in [6.07, 6.45) is 0. The minimum absolute atomic E-state index is 0. The lowest BCUT2D eigenvalue weighted by molar-refractivity contribution is 0.213. The summed E-state index contributed by atoms with van der Waals surface area (Å²) in [5, 5.41) is 7.14. The van der Waals surface area contributed by atoms with Crippen molar-refractivity contribution in [2.75, 3.05) is 33.2 Å². The molecular formula is C6H15ClN4. The van der Waals surface area contributed by atoms with Crippen molar-refractivity contribution in [2.24, 2.45) is 5.73 Å². The van der Waals surface area contributed by atoms with E-state index in [0.717, 1.165) is 26.2 Å². The van der Waals surface area contributed by atoms with Gasteiger partial charge in [0.2, 0.25) is 0 Å². The number of guanidine groups is 1. The van der Waals surface area contributed by atoms with Gasteiger partial charge >= 0.3 is 0 Å². The van der Waals surface area contributed by atoms with Gasteiger partial charge in [0.15, 0.2) is 5.96 Å². The van der Waals surface area contributed by atoms with Gasteiger partial charge in [-0.25, -0.2) is 0 Å². The highest BCUT2D eigenvalue weighted by atomic mass is 35.5. The molecule has 0 radical (unpaired) electrons. The molecule has 11 heavy (non-hydrogen) atoms. The minimum Gasteiger partial charge on any atom is -0.370 e. The zero-order chi connectivity index (χ0) is 7.56. The molecule has 0 atom stereocenters. The largest absolute Gasteiger partial charge is 0.370 e. The van der Waals surface area contributed by atoms with E-state index in [1.165, 1.54) is 0 Å². The number of nitrogens with two attached hydrogens (primary N) is 1. The quantitative estimate of drug-likeness (QED) is 0.390. The standard InChI is InChI=1S/C6H14N4.ClH/c1-9-2-4-10(5-3-9)6(7)8;/h2-5H2,1H3,(H3,7,8);1H. The average Bonchev–Trinajstić information content (AvgIpc) is 1.88. The summed E-state index contributed by atoms with van der Waals surface area (Å²) in [7, 11) is 2.08. The lowest BCUT2D eigenvalue weighted by Crippen LogP contribution is -2.49. The van der Waals surface area contributed by atoms with Gasteiger partial charge in [-0.05, 0) is 7.05 Å². The van der Waals surface area contributed by atoms with Crippen LogP contribution < -0.4 is 5.73 Å². The third-order valence-corrected chi connectivity index (χ3v) is 1.84. The Kier molecular flexibility index (Phi) is 4.22. The summed E-state index contributed by atoms with van der Waals surface area (Å²) >= 11 is 0. The summed E-state index contributed by atoms with van der Waals surface area (Å²) in [6, 6.07) is 0. The number of nitrogens with zero attached hydrogens (tertiary/aromatic N) is 2. The van der Waals surface area contributed by atoms with E-state index in [4.69, 9.17) is 11.1 Å². The second kappa shape index (κ2) is 4.41. The molecule has 0 aromatic carbocycles. The topological polar surface area (TPSA) is 56.4 Å². The number of nitrogens with one attached hydrogen (secondary N) is 1. The average molecular weight is 179 g/mol. The molecule has 1 aliphatic rings. The molecule has 1 fully saturated rings. The van der Waals surface area contributed by atoms with Crippen molar-refractivity contribution in [3.05, 3.63) is 0 Å². The Morgan fingerprint density at radius 2 is 1.73 bits per heavy atom. The number of hydrogen-bond donors (Lipinski definition) is 2. The molecule has 0 bridgehead atoms. The molecular weight excluding hydrogens is 164 g/mol. The van der Waals surface area contributed by atoms with Crippen LogP contribution in [0.1, 0.15) is 0 Å². The van der Waals surface area contributed by atoms with Crippen LogP contribution in [0.25, 0.3) is 0 Å². The Bertz CT molecular complexity index is 131. The Hall–Kier alpha value is -0.480. The van der Waals surface area contributed by atoms with Gasteiger partial charge in [0.1, 0.15) is 0 Å². The third-order valence-electron chi connectivity index (χ3n) is 1.84. The molecule has 66 valence electrons. The smallest absolute Gasteiger partial charge is 0.188 e. The first-order valence-electron chi connectivity index (χ1n) is 3.47. The Balaban J connectivity index is 0.000001000. The molecule has 0 aromatic heterocycles. The molecule has 5 heteroatoms. The second-order valence-corrected chi connectivity index (χ2v) is 2.68. The summed E-state index contributed by atoms with van der Waals surface area (Å²) in [6.45, 7) is 3.82. The van der Waals surface area contributed by atoms with Gasteiger partial charge in [0, 0.05) is 26.2 Å². The predicted octanol–water partition coefficient (Wildman–Crippen LogP) is -0.451. The van der Waals surface area contributed by atoms with E-state index in [2.05, 4.69) is 11.9 Å². The molecule has 1 heterocycles. The van der Waals surface area contributed by atoms with E-state index >= 15 is 0 Å². The maximum atomic E-state index is 7.14. The summed E-state index contributed by atoms with van der Waals surface area (Å²) < 4.78 is 0. The van der Waals surface area contributed by atoms with Crippen LogP contribution in [0, 0.1) is 5.41 Å². The van der Waals surface area contributed by atoms with Crippen molar-refractivity contribution in [1.29, 1.82) is 5.41 Å². The van der Waals surface area contributed by atoms with Crippen molar-refractivity contribution >= 4 is 18.4 Å². The number of rotatable bonds is 0. The molecule has 0 spiro atoms. The van der Waals surface area contributed by atoms with Crippen molar-refractivity contribution in [1.82, 2.24) is 9.80 Å². The fraction of sp³-hybridized carbons (Fsp3) is 0.833. The van der Waals surface area contributed by atoms with Gasteiger partial charge in [-0.3, -0.25) is 5.41 Å². The summed E-state index contributed by atoms with van der Waals surface area (Å²) in [4.78, 5) is 4.12. The number of hydrogen-bond acceptors (Lipinski definition) is 2. The van der Waals surface area contributed by atoms with Crippen molar-refractivity contribution in [3.63, 3.8) is 0 Å². The predicted molar refractivity (Wildman–Crippen MR) is 48.2 cm³/mol. The molecule has 0 amide bonds. The maximum absolute atomic E-state index is 7.14. The molecule has 0 unspecified atom stereocenters. The Morgan fingerprint density at radius 3 is 2.09 bits per heavy atom. The number of halogens is 1. The normalized spacial score (nSPS) is 19.2. The Labute approximate surface area is 73.3 Å². The molecule has 1 aliphatic heterocycles. The first kappa shape index (κ1) is 10.5. The van der Waals surface area contributed by atoms with Crippen LogP contribution in [0.5, 0.6) is 0 Å². The first-order chi connectivity index (χ1) is 4.70. The molecule has 0 aromatic rings. The van der Waals surface area contributed by atoms with Gasteiger partial charge in [-0.2, -0.15) is 0 Å².